The van der Waals surface area contributed by atoms with Gasteiger partial charge in [0.1, 0.15) is 0 Å². The van der Waals surface area contributed by atoms with Gasteiger partial charge in [-0.2, -0.15) is 5.10 Å². The number of rotatable bonds is 3. The largest absolute Gasteiger partial charge is 0.331 e. The zero-order valence-electron chi connectivity index (χ0n) is 11.1. The minimum Gasteiger partial charge on any atom is -0.301 e. The third-order valence-electron chi connectivity index (χ3n) is 3.05. The van der Waals surface area contributed by atoms with E-state index in [4.69, 9.17) is 11.6 Å². The summed E-state index contributed by atoms with van der Waals surface area (Å²) in [6.07, 6.45) is 1.50. The molecule has 2 aromatic heterocycles. The molecule has 0 aliphatic carbocycles. The van der Waals surface area contributed by atoms with Crippen molar-refractivity contribution < 1.29 is 0 Å². The highest BCUT2D eigenvalue weighted by Crippen LogP contribution is 2.19. The summed E-state index contributed by atoms with van der Waals surface area (Å²) in [5, 5.41) is 4.66. The van der Waals surface area contributed by atoms with Crippen LogP contribution in [0.3, 0.4) is 0 Å². The molecule has 0 N–H and O–H groups in total. The number of aromatic nitrogens is 4. The molecule has 2 heterocycles. The van der Waals surface area contributed by atoms with E-state index in [-0.39, 0.29) is 17.8 Å². The molecule has 0 unspecified atom stereocenters. The van der Waals surface area contributed by atoms with Crippen LogP contribution >= 0.6 is 11.6 Å². The molecule has 7 heteroatoms. The van der Waals surface area contributed by atoms with Crippen molar-refractivity contribution >= 4 is 11.6 Å². The molecular formula is C12H15ClN4O2. The van der Waals surface area contributed by atoms with Crippen LogP contribution in [0.15, 0.2) is 21.9 Å². The highest BCUT2D eigenvalue weighted by atomic mass is 35.5. The van der Waals surface area contributed by atoms with Crippen LogP contribution in [-0.2, 0) is 20.1 Å². The molecule has 0 atom stereocenters. The second-order valence-electron chi connectivity index (χ2n) is 4.28. The zero-order valence-corrected chi connectivity index (χ0v) is 11.8. The van der Waals surface area contributed by atoms with E-state index in [1.54, 1.807) is 18.7 Å². The van der Waals surface area contributed by atoms with Gasteiger partial charge in [0, 0.05) is 25.9 Å². The fraction of sp³-hybridized carbons (Fsp3) is 0.417. The molecule has 0 saturated carbocycles. The van der Waals surface area contributed by atoms with Crippen LogP contribution in [0.25, 0.3) is 0 Å². The monoisotopic (exact) mass is 282 g/mol. The Balaban J connectivity index is 2.55. The fourth-order valence-electron chi connectivity index (χ4n) is 1.94. The van der Waals surface area contributed by atoms with E-state index >= 15 is 0 Å². The molecule has 2 rings (SSSR count). The molecule has 0 saturated heterocycles. The van der Waals surface area contributed by atoms with Crippen LogP contribution < -0.4 is 11.2 Å². The summed E-state index contributed by atoms with van der Waals surface area (Å²) < 4.78 is 4.22. The van der Waals surface area contributed by atoms with Gasteiger partial charge in [-0.3, -0.25) is 14.0 Å². The Labute approximate surface area is 114 Å². The molecule has 0 amide bonds. The minimum absolute atomic E-state index is 0.120. The molecule has 0 fully saturated rings. The van der Waals surface area contributed by atoms with Crippen molar-refractivity contribution in [1.29, 1.82) is 0 Å². The Hall–Kier alpha value is -1.82. The van der Waals surface area contributed by atoms with Gasteiger partial charge in [0.25, 0.3) is 5.56 Å². The van der Waals surface area contributed by atoms with E-state index in [9.17, 15) is 9.59 Å². The van der Waals surface area contributed by atoms with Crippen molar-refractivity contribution in [2.75, 3.05) is 0 Å². The maximum atomic E-state index is 12.1. The Morgan fingerprint density at radius 2 is 2.05 bits per heavy atom. The fourth-order valence-corrected chi connectivity index (χ4v) is 2.16. The second-order valence-corrected chi connectivity index (χ2v) is 4.66. The number of halogens is 1. The first-order chi connectivity index (χ1) is 8.95. The molecule has 0 radical (unpaired) electrons. The van der Waals surface area contributed by atoms with Gasteiger partial charge in [-0.05, 0) is 13.8 Å². The van der Waals surface area contributed by atoms with Crippen LogP contribution in [0.2, 0.25) is 5.02 Å². The molecule has 2 aromatic rings. The Morgan fingerprint density at radius 3 is 2.58 bits per heavy atom. The number of hydrogen-bond acceptors (Lipinski definition) is 3. The van der Waals surface area contributed by atoms with Gasteiger partial charge in [0.2, 0.25) is 0 Å². The molecule has 102 valence electrons. The smallest absolute Gasteiger partial charge is 0.301 e. The summed E-state index contributed by atoms with van der Waals surface area (Å²) in [4.78, 5) is 23.9. The topological polar surface area (TPSA) is 61.8 Å². The Bertz CT molecular complexity index is 726. The van der Waals surface area contributed by atoms with Gasteiger partial charge in [0.05, 0.1) is 23.0 Å². The predicted molar refractivity (Wildman–Crippen MR) is 72.7 cm³/mol. The summed E-state index contributed by atoms with van der Waals surface area (Å²) in [6.45, 7) is 4.26. The molecule has 0 aliphatic heterocycles. The van der Waals surface area contributed by atoms with E-state index in [1.165, 1.54) is 16.8 Å². The summed E-state index contributed by atoms with van der Waals surface area (Å²) in [5.74, 6) is 0. The lowest BCUT2D eigenvalue weighted by Crippen LogP contribution is -2.39. The lowest BCUT2D eigenvalue weighted by molar-refractivity contribution is 0.575. The van der Waals surface area contributed by atoms with Gasteiger partial charge in [-0.15, -0.1) is 0 Å². The van der Waals surface area contributed by atoms with Crippen LogP contribution in [0.1, 0.15) is 18.3 Å². The summed E-state index contributed by atoms with van der Waals surface area (Å²) in [7, 11) is 1.74. The first-order valence-electron chi connectivity index (χ1n) is 5.94. The van der Waals surface area contributed by atoms with Gasteiger partial charge >= 0.3 is 5.69 Å². The molecular weight excluding hydrogens is 268 g/mol. The minimum atomic E-state index is -0.343. The van der Waals surface area contributed by atoms with E-state index in [2.05, 4.69) is 5.10 Å². The van der Waals surface area contributed by atoms with E-state index in [0.29, 0.717) is 23.0 Å². The lowest BCUT2D eigenvalue weighted by Gasteiger charge is -2.08. The molecule has 19 heavy (non-hydrogen) atoms. The van der Waals surface area contributed by atoms with Crippen LogP contribution in [0, 0.1) is 6.92 Å². The number of hydrogen-bond donors (Lipinski definition) is 0. The maximum absolute atomic E-state index is 12.1. The molecule has 0 aliphatic rings. The van der Waals surface area contributed by atoms with Gasteiger partial charge in [0.15, 0.2) is 0 Å². The van der Waals surface area contributed by atoms with Crippen molar-refractivity contribution in [2.24, 2.45) is 7.05 Å². The molecule has 0 bridgehead atoms. The first kappa shape index (κ1) is 13.6. The number of aryl methyl sites for hydroxylation is 3. The van der Waals surface area contributed by atoms with Crippen molar-refractivity contribution in [3.63, 3.8) is 0 Å². The van der Waals surface area contributed by atoms with Crippen LogP contribution in [0.4, 0.5) is 0 Å². The van der Waals surface area contributed by atoms with Crippen molar-refractivity contribution in [2.45, 2.75) is 26.9 Å². The molecule has 0 aromatic carbocycles. The van der Waals surface area contributed by atoms with Crippen LogP contribution in [0.5, 0.6) is 0 Å². The normalized spacial score (nSPS) is 10.9. The predicted octanol–water partition coefficient (Wildman–Crippen LogP) is 0.774. The van der Waals surface area contributed by atoms with Crippen LogP contribution in [-0.4, -0.2) is 18.9 Å². The first-order valence-corrected chi connectivity index (χ1v) is 6.31. The quantitative estimate of drug-likeness (QED) is 0.835. The van der Waals surface area contributed by atoms with Crippen molar-refractivity contribution in [3.05, 3.63) is 49.5 Å². The lowest BCUT2D eigenvalue weighted by atomic mass is 10.3. The van der Waals surface area contributed by atoms with Crippen molar-refractivity contribution in [3.8, 4) is 0 Å². The average Bonchev–Trinajstić information content (AvgIpc) is 2.60. The van der Waals surface area contributed by atoms with Gasteiger partial charge in [-0.1, -0.05) is 11.6 Å². The number of nitrogens with zero attached hydrogens (tertiary/aromatic N) is 4. The van der Waals surface area contributed by atoms with E-state index in [0.717, 1.165) is 4.57 Å². The molecule has 0 spiro atoms. The third-order valence-corrected chi connectivity index (χ3v) is 3.54. The van der Waals surface area contributed by atoms with E-state index in [1.807, 2.05) is 6.92 Å². The van der Waals surface area contributed by atoms with Gasteiger partial charge in [-0.25, -0.2) is 4.79 Å². The maximum Gasteiger partial charge on any atom is 0.331 e. The summed E-state index contributed by atoms with van der Waals surface area (Å²) in [5.41, 5.74) is 0.640. The highest BCUT2D eigenvalue weighted by Gasteiger charge is 2.14. The zero-order chi connectivity index (χ0) is 14.2. The Kier molecular flexibility index (Phi) is 3.61. The molecule has 6 nitrogen and oxygen atoms in total. The standard InChI is InChI=1S/C12H15ClN4O2/c1-4-16-6-5-10(18)17(12(16)19)7-9-11(13)8(2)14-15(9)3/h5-6H,4,7H2,1-3H3. The highest BCUT2D eigenvalue weighted by molar-refractivity contribution is 6.31. The second kappa shape index (κ2) is 5.05. The Morgan fingerprint density at radius 1 is 1.37 bits per heavy atom. The van der Waals surface area contributed by atoms with Crippen molar-refractivity contribution in [1.82, 2.24) is 18.9 Å². The average molecular weight is 283 g/mol. The summed E-state index contributed by atoms with van der Waals surface area (Å²) >= 11 is 6.13. The van der Waals surface area contributed by atoms with Gasteiger partial charge < -0.3 is 4.57 Å². The third kappa shape index (κ3) is 2.35. The SMILES string of the molecule is CCn1ccc(=O)n(Cc2c(Cl)c(C)nn2C)c1=O. The summed E-state index contributed by atoms with van der Waals surface area (Å²) in [6, 6.07) is 1.38. The van der Waals surface area contributed by atoms with E-state index < -0.39 is 0 Å².